The van der Waals surface area contributed by atoms with E-state index < -0.39 is 6.10 Å². The number of hydrogen-bond acceptors (Lipinski definition) is 6. The predicted molar refractivity (Wildman–Crippen MR) is 233 cm³/mol. The zero-order valence-electron chi connectivity index (χ0n) is 37.7. The van der Waals surface area contributed by atoms with Crippen LogP contribution in [0.1, 0.15) is 260 Å². The fourth-order valence-corrected chi connectivity index (χ4v) is 7.20. The smallest absolute Gasteiger partial charge is 0.306 e. The maximum atomic E-state index is 12.7. The minimum Gasteiger partial charge on any atom is -0.462 e. The summed E-state index contributed by atoms with van der Waals surface area (Å²) in [5.41, 5.74) is 0. The number of rotatable bonds is 42. The van der Waals surface area contributed by atoms with Gasteiger partial charge in [-0.3, -0.25) is 14.4 Å². The zero-order valence-corrected chi connectivity index (χ0v) is 37.7. The van der Waals surface area contributed by atoms with E-state index in [0.717, 1.165) is 75.5 Å². The van der Waals surface area contributed by atoms with Gasteiger partial charge in [-0.15, -0.1) is 0 Å². The van der Waals surface area contributed by atoms with E-state index in [1.54, 1.807) is 0 Å². The molecule has 6 heteroatoms. The van der Waals surface area contributed by atoms with Crippen molar-refractivity contribution in [2.45, 2.75) is 266 Å². The van der Waals surface area contributed by atoms with Crippen LogP contribution in [0, 0.1) is 17.8 Å². The Kier molecular flexibility index (Phi) is 39.4. The van der Waals surface area contributed by atoms with Crippen LogP contribution >= 0.6 is 0 Å². The minimum atomic E-state index is -0.762. The molecule has 1 unspecified atom stereocenters. The van der Waals surface area contributed by atoms with Crippen LogP contribution in [0.15, 0.2) is 0 Å². The van der Waals surface area contributed by atoms with Gasteiger partial charge in [0.1, 0.15) is 13.2 Å². The van der Waals surface area contributed by atoms with Crippen molar-refractivity contribution in [3.63, 3.8) is 0 Å². The highest BCUT2D eigenvalue weighted by atomic mass is 16.6. The largest absolute Gasteiger partial charge is 0.462 e. The van der Waals surface area contributed by atoms with Crippen LogP contribution in [0.2, 0.25) is 0 Å². The van der Waals surface area contributed by atoms with E-state index in [0.29, 0.717) is 19.3 Å². The van der Waals surface area contributed by atoms with Gasteiger partial charge in [-0.25, -0.2) is 0 Å². The maximum Gasteiger partial charge on any atom is 0.306 e. The van der Waals surface area contributed by atoms with Gasteiger partial charge < -0.3 is 14.2 Å². The van der Waals surface area contributed by atoms with E-state index >= 15 is 0 Å². The van der Waals surface area contributed by atoms with Crippen LogP contribution in [0.5, 0.6) is 0 Å². The SMILES string of the molecule is CCC(C)CCCCCCCCCCCCC(=O)O[C@@H](COC(=O)CCCCCCCCCCCCCC(C)C)COC(=O)CCCCCCCCC(C)C. The molecule has 0 aliphatic rings. The Bertz CT molecular complexity index is 854. The summed E-state index contributed by atoms with van der Waals surface area (Å²) in [5.74, 6) is 1.60. The van der Waals surface area contributed by atoms with Crippen LogP contribution in [0.3, 0.4) is 0 Å². The van der Waals surface area contributed by atoms with Gasteiger partial charge in [-0.2, -0.15) is 0 Å². The maximum absolute atomic E-state index is 12.7. The first kappa shape index (κ1) is 53.4. The van der Waals surface area contributed by atoms with E-state index in [1.165, 1.54) is 141 Å². The van der Waals surface area contributed by atoms with Crippen molar-refractivity contribution in [2.75, 3.05) is 13.2 Å². The predicted octanol–water partition coefficient (Wildman–Crippen LogP) is 15.2. The molecular formula is C49H94O6. The summed E-state index contributed by atoms with van der Waals surface area (Å²) in [4.78, 5) is 37.8. The molecule has 0 aromatic carbocycles. The van der Waals surface area contributed by atoms with Crippen LogP contribution < -0.4 is 0 Å². The Morgan fingerprint density at radius 3 is 0.945 bits per heavy atom. The number of carbonyl (C=O) groups excluding carboxylic acids is 3. The van der Waals surface area contributed by atoms with E-state index in [1.807, 2.05) is 0 Å². The number of esters is 3. The summed E-state index contributed by atoms with van der Waals surface area (Å²) in [5, 5.41) is 0. The molecule has 0 aliphatic heterocycles. The Balaban J connectivity index is 4.32. The molecule has 0 rings (SSSR count). The summed E-state index contributed by atoms with van der Waals surface area (Å²) in [6.45, 7) is 13.6. The third-order valence-corrected chi connectivity index (χ3v) is 11.3. The highest BCUT2D eigenvalue weighted by Gasteiger charge is 2.19. The molecule has 326 valence electrons. The minimum absolute atomic E-state index is 0.0661. The van der Waals surface area contributed by atoms with Crippen molar-refractivity contribution < 1.29 is 28.6 Å². The third-order valence-electron chi connectivity index (χ3n) is 11.3. The summed E-state index contributed by atoms with van der Waals surface area (Å²) in [7, 11) is 0. The van der Waals surface area contributed by atoms with Crippen molar-refractivity contribution in [2.24, 2.45) is 17.8 Å². The first-order chi connectivity index (χ1) is 26.6. The van der Waals surface area contributed by atoms with E-state index in [9.17, 15) is 14.4 Å². The molecule has 0 aliphatic carbocycles. The molecule has 0 heterocycles. The lowest BCUT2D eigenvalue weighted by Crippen LogP contribution is -2.30. The molecular weight excluding hydrogens is 685 g/mol. The zero-order chi connectivity index (χ0) is 40.6. The molecule has 0 bridgehead atoms. The molecule has 0 fully saturated rings. The molecule has 0 aromatic heterocycles. The molecule has 0 spiro atoms. The summed E-state index contributed by atoms with van der Waals surface area (Å²) in [6, 6.07) is 0. The second-order valence-electron chi connectivity index (χ2n) is 17.9. The molecule has 55 heavy (non-hydrogen) atoms. The van der Waals surface area contributed by atoms with Crippen LogP contribution in [-0.2, 0) is 28.6 Å². The first-order valence-corrected chi connectivity index (χ1v) is 24.1. The molecule has 2 atom stereocenters. The van der Waals surface area contributed by atoms with Gasteiger partial charge in [0, 0.05) is 19.3 Å². The Morgan fingerprint density at radius 2 is 0.636 bits per heavy atom. The fraction of sp³-hybridized carbons (Fsp3) is 0.939. The third kappa shape index (κ3) is 41.9. The van der Waals surface area contributed by atoms with E-state index in [-0.39, 0.29) is 31.1 Å². The van der Waals surface area contributed by atoms with Crippen molar-refractivity contribution in [1.82, 2.24) is 0 Å². The van der Waals surface area contributed by atoms with Gasteiger partial charge in [0.05, 0.1) is 0 Å². The highest BCUT2D eigenvalue weighted by Crippen LogP contribution is 2.17. The quantitative estimate of drug-likeness (QED) is 0.0349. The van der Waals surface area contributed by atoms with Crippen molar-refractivity contribution in [3.8, 4) is 0 Å². The average molecular weight is 779 g/mol. The number of carbonyl (C=O) groups is 3. The van der Waals surface area contributed by atoms with Gasteiger partial charge in [0.25, 0.3) is 0 Å². The molecule has 0 N–H and O–H groups in total. The molecule has 0 saturated heterocycles. The number of unbranched alkanes of at least 4 members (excludes halogenated alkanes) is 24. The summed E-state index contributed by atoms with van der Waals surface area (Å²) >= 11 is 0. The lowest BCUT2D eigenvalue weighted by atomic mass is 9.99. The number of hydrogen-bond donors (Lipinski definition) is 0. The summed E-state index contributed by atoms with van der Waals surface area (Å²) < 4.78 is 16.7. The van der Waals surface area contributed by atoms with Crippen LogP contribution in [0.4, 0.5) is 0 Å². The number of ether oxygens (including phenoxy) is 3. The van der Waals surface area contributed by atoms with Crippen molar-refractivity contribution in [3.05, 3.63) is 0 Å². The molecule has 0 radical (unpaired) electrons. The van der Waals surface area contributed by atoms with Crippen LogP contribution in [0.25, 0.3) is 0 Å². The highest BCUT2D eigenvalue weighted by molar-refractivity contribution is 5.71. The molecule has 0 amide bonds. The van der Waals surface area contributed by atoms with Gasteiger partial charge >= 0.3 is 17.9 Å². The standard InChI is InChI=1S/C49H94O6/c1-7-45(6)37-31-25-18-14-11-12-16-20-28-34-40-49(52)55-46(42-54-48(51)39-33-27-22-21-24-30-36-44(4)5)41-53-47(50)38-32-26-19-15-10-8-9-13-17-23-29-35-43(2)3/h43-46H,7-42H2,1-6H3/t45?,46-/m0/s1. The van der Waals surface area contributed by atoms with Crippen LogP contribution in [-0.4, -0.2) is 37.2 Å². The lowest BCUT2D eigenvalue weighted by molar-refractivity contribution is -0.167. The van der Waals surface area contributed by atoms with E-state index in [4.69, 9.17) is 14.2 Å². The topological polar surface area (TPSA) is 78.9 Å². The Morgan fingerprint density at radius 1 is 0.364 bits per heavy atom. The molecule has 0 saturated carbocycles. The first-order valence-electron chi connectivity index (χ1n) is 24.1. The monoisotopic (exact) mass is 779 g/mol. The Hall–Kier alpha value is -1.59. The molecule has 6 nitrogen and oxygen atoms in total. The lowest BCUT2D eigenvalue weighted by Gasteiger charge is -2.18. The van der Waals surface area contributed by atoms with Crippen molar-refractivity contribution in [1.29, 1.82) is 0 Å². The van der Waals surface area contributed by atoms with Gasteiger partial charge in [0.15, 0.2) is 6.10 Å². The van der Waals surface area contributed by atoms with Crippen molar-refractivity contribution >= 4 is 17.9 Å². The van der Waals surface area contributed by atoms with Gasteiger partial charge in [-0.05, 0) is 37.0 Å². The van der Waals surface area contributed by atoms with E-state index in [2.05, 4.69) is 41.5 Å². The van der Waals surface area contributed by atoms with Gasteiger partial charge in [-0.1, -0.05) is 221 Å². The molecule has 0 aromatic rings. The second-order valence-corrected chi connectivity index (χ2v) is 17.9. The normalized spacial score (nSPS) is 12.7. The fourth-order valence-electron chi connectivity index (χ4n) is 7.20. The summed E-state index contributed by atoms with van der Waals surface area (Å²) in [6.07, 6.45) is 38.1. The van der Waals surface area contributed by atoms with Gasteiger partial charge in [0.2, 0.25) is 0 Å². The second kappa shape index (κ2) is 40.6. The average Bonchev–Trinajstić information content (AvgIpc) is 3.15. The Labute approximate surface area is 342 Å².